The fourth-order valence-corrected chi connectivity index (χ4v) is 6.29. The Kier molecular flexibility index (Phi) is 5.70. The zero-order valence-corrected chi connectivity index (χ0v) is 17.4. The normalized spacial score (nSPS) is 32.3. The molecule has 0 bridgehead atoms. The van der Waals surface area contributed by atoms with Crippen molar-refractivity contribution in [3.05, 3.63) is 39.4 Å². The largest absolute Gasteiger partial charge is 0.0654 e. The monoisotopic (exact) mass is 400 g/mol. The molecule has 3 aliphatic rings. The number of hydrogen-bond acceptors (Lipinski definition) is 0. The first-order chi connectivity index (χ1) is 12.2. The molecule has 0 amide bonds. The van der Waals surface area contributed by atoms with Crippen LogP contribution in [0.5, 0.6) is 0 Å². The van der Waals surface area contributed by atoms with Crippen molar-refractivity contribution in [1.29, 1.82) is 0 Å². The molecule has 3 aliphatic carbocycles. The molecule has 1 aromatic carbocycles. The molecule has 0 N–H and O–H groups in total. The quantitative estimate of drug-likeness (QED) is 0.483. The molecule has 25 heavy (non-hydrogen) atoms. The van der Waals surface area contributed by atoms with Crippen molar-refractivity contribution in [3.63, 3.8) is 0 Å². The van der Waals surface area contributed by atoms with Crippen LogP contribution in [0.3, 0.4) is 0 Å². The van der Waals surface area contributed by atoms with Gasteiger partial charge in [-0.15, -0.1) is 0 Å². The highest BCUT2D eigenvalue weighted by Crippen LogP contribution is 2.45. The van der Waals surface area contributed by atoms with E-state index < -0.39 is 0 Å². The zero-order valence-electron chi connectivity index (χ0n) is 15.8. The average Bonchev–Trinajstić information content (AvgIpc) is 3.06. The minimum atomic E-state index is 0.860. The van der Waals surface area contributed by atoms with Crippen molar-refractivity contribution in [2.45, 2.75) is 77.6 Å². The van der Waals surface area contributed by atoms with E-state index in [0.717, 1.165) is 23.7 Å². The van der Waals surface area contributed by atoms with Gasteiger partial charge < -0.3 is 0 Å². The summed E-state index contributed by atoms with van der Waals surface area (Å²) in [6.45, 7) is 2.35. The lowest BCUT2D eigenvalue weighted by molar-refractivity contribution is 0.150. The Bertz CT molecular complexity index is 613. The number of rotatable bonds is 4. The minimum absolute atomic E-state index is 0.860. The molecular formula is C24H33Br. The second-order valence-electron chi connectivity index (χ2n) is 8.92. The Labute approximate surface area is 162 Å². The van der Waals surface area contributed by atoms with Gasteiger partial charge in [0.15, 0.2) is 0 Å². The molecule has 0 unspecified atom stereocenters. The third kappa shape index (κ3) is 4.07. The predicted octanol–water partition coefficient (Wildman–Crippen LogP) is 7.80. The van der Waals surface area contributed by atoms with Gasteiger partial charge in [0.1, 0.15) is 0 Å². The number of allylic oxidation sites excluding steroid dienone is 1. The Balaban J connectivity index is 1.29. The van der Waals surface area contributed by atoms with Crippen molar-refractivity contribution < 1.29 is 0 Å². The lowest BCUT2D eigenvalue weighted by atomic mass is 9.68. The third-order valence-electron chi connectivity index (χ3n) is 7.39. The Morgan fingerprint density at radius 3 is 2.28 bits per heavy atom. The fourth-order valence-electron chi connectivity index (χ4n) is 5.91. The highest BCUT2D eigenvalue weighted by Gasteiger charge is 2.32. The van der Waals surface area contributed by atoms with Gasteiger partial charge in [-0.2, -0.15) is 0 Å². The summed E-state index contributed by atoms with van der Waals surface area (Å²) >= 11 is 3.62. The summed E-state index contributed by atoms with van der Waals surface area (Å²) < 4.78 is 1.21. The lowest BCUT2D eigenvalue weighted by Gasteiger charge is -2.38. The molecule has 0 radical (unpaired) electrons. The van der Waals surface area contributed by atoms with Crippen molar-refractivity contribution in [2.24, 2.45) is 23.7 Å². The minimum Gasteiger partial charge on any atom is -0.0654 e. The van der Waals surface area contributed by atoms with Crippen molar-refractivity contribution in [2.75, 3.05) is 0 Å². The van der Waals surface area contributed by atoms with E-state index >= 15 is 0 Å². The molecule has 0 atom stereocenters. The molecule has 136 valence electrons. The second-order valence-corrected chi connectivity index (χ2v) is 9.84. The van der Waals surface area contributed by atoms with Gasteiger partial charge in [-0.3, -0.25) is 0 Å². The molecule has 1 aromatic rings. The van der Waals surface area contributed by atoms with Crippen LogP contribution in [-0.4, -0.2) is 0 Å². The Morgan fingerprint density at radius 1 is 0.920 bits per heavy atom. The third-order valence-corrected chi connectivity index (χ3v) is 7.89. The van der Waals surface area contributed by atoms with Crippen LogP contribution in [0.4, 0.5) is 0 Å². The maximum Gasteiger partial charge on any atom is 0.0181 e. The molecule has 2 fully saturated rings. The van der Waals surface area contributed by atoms with Gasteiger partial charge in [-0.25, -0.2) is 0 Å². The molecule has 0 aromatic heterocycles. The van der Waals surface area contributed by atoms with E-state index in [-0.39, 0.29) is 0 Å². The summed E-state index contributed by atoms with van der Waals surface area (Å²) in [7, 11) is 0. The number of benzene rings is 1. The zero-order chi connectivity index (χ0) is 17.2. The molecule has 2 saturated carbocycles. The van der Waals surface area contributed by atoms with Crippen LogP contribution in [0.1, 0.15) is 82.3 Å². The first-order valence-electron chi connectivity index (χ1n) is 10.7. The summed E-state index contributed by atoms with van der Waals surface area (Å²) in [6, 6.07) is 6.80. The van der Waals surface area contributed by atoms with E-state index in [0.29, 0.717) is 0 Å². The van der Waals surface area contributed by atoms with Crippen molar-refractivity contribution >= 4 is 22.0 Å². The lowest BCUT2D eigenvalue weighted by Crippen LogP contribution is -2.26. The van der Waals surface area contributed by atoms with E-state index in [1.54, 1.807) is 5.57 Å². The summed E-state index contributed by atoms with van der Waals surface area (Å²) in [5, 5.41) is 0. The van der Waals surface area contributed by atoms with Gasteiger partial charge in [0.2, 0.25) is 0 Å². The predicted molar refractivity (Wildman–Crippen MR) is 112 cm³/mol. The molecule has 0 saturated heterocycles. The van der Waals surface area contributed by atoms with E-state index in [1.165, 1.54) is 86.2 Å². The molecule has 0 heterocycles. The van der Waals surface area contributed by atoms with E-state index in [9.17, 15) is 0 Å². The number of fused-ring (bicyclic) bond motifs is 1. The smallest absolute Gasteiger partial charge is 0.0181 e. The van der Waals surface area contributed by atoms with Gasteiger partial charge in [-0.1, -0.05) is 66.3 Å². The standard InChI is InChI=1S/C24H33Br/c1-2-3-17-4-6-18(7-5-17)19-8-10-20(11-9-19)22-14-21-12-13-24(25)16-23(21)15-22/h12-13,15-20H,2-11,14H2,1H3. The number of hydrogen-bond donors (Lipinski definition) is 0. The topological polar surface area (TPSA) is 0 Å². The number of halogens is 1. The van der Waals surface area contributed by atoms with Gasteiger partial charge in [0.05, 0.1) is 0 Å². The fraction of sp³-hybridized carbons (Fsp3) is 0.667. The van der Waals surface area contributed by atoms with E-state index in [1.807, 2.05) is 0 Å². The van der Waals surface area contributed by atoms with Crippen LogP contribution in [0.2, 0.25) is 0 Å². The van der Waals surface area contributed by atoms with E-state index in [4.69, 9.17) is 0 Å². The molecule has 0 aliphatic heterocycles. The highest BCUT2D eigenvalue weighted by atomic mass is 79.9. The van der Waals surface area contributed by atoms with Crippen LogP contribution in [-0.2, 0) is 6.42 Å². The van der Waals surface area contributed by atoms with Crippen LogP contribution < -0.4 is 0 Å². The molecule has 0 nitrogen and oxygen atoms in total. The summed E-state index contributed by atoms with van der Waals surface area (Å²) in [5.74, 6) is 4.01. The van der Waals surface area contributed by atoms with E-state index in [2.05, 4.69) is 47.1 Å². The van der Waals surface area contributed by atoms with Crippen molar-refractivity contribution in [1.82, 2.24) is 0 Å². The maximum absolute atomic E-state index is 3.62. The Morgan fingerprint density at radius 2 is 1.60 bits per heavy atom. The van der Waals surface area contributed by atoms with Crippen LogP contribution in [0.15, 0.2) is 28.2 Å². The van der Waals surface area contributed by atoms with Gasteiger partial charge in [0, 0.05) is 4.47 Å². The highest BCUT2D eigenvalue weighted by molar-refractivity contribution is 9.10. The van der Waals surface area contributed by atoms with Crippen LogP contribution in [0, 0.1) is 23.7 Å². The van der Waals surface area contributed by atoms with Crippen LogP contribution in [0.25, 0.3) is 6.08 Å². The maximum atomic E-state index is 3.62. The average molecular weight is 401 g/mol. The summed E-state index contributed by atoms with van der Waals surface area (Å²) in [4.78, 5) is 0. The first-order valence-corrected chi connectivity index (χ1v) is 11.5. The molecule has 1 heteroatoms. The summed E-state index contributed by atoms with van der Waals surface area (Å²) in [5.41, 5.74) is 4.72. The first kappa shape index (κ1) is 17.8. The summed E-state index contributed by atoms with van der Waals surface area (Å²) in [6.07, 6.45) is 18.5. The van der Waals surface area contributed by atoms with Crippen LogP contribution >= 0.6 is 15.9 Å². The van der Waals surface area contributed by atoms with Gasteiger partial charge in [0.25, 0.3) is 0 Å². The van der Waals surface area contributed by atoms with Gasteiger partial charge >= 0.3 is 0 Å². The van der Waals surface area contributed by atoms with Crippen molar-refractivity contribution in [3.8, 4) is 0 Å². The van der Waals surface area contributed by atoms with Gasteiger partial charge in [-0.05, 0) is 91.9 Å². The molecule has 4 rings (SSSR count). The SMILES string of the molecule is CCCC1CCC(C2CCC(C3=Cc4cc(Br)ccc4C3)CC2)CC1. The molecule has 0 spiro atoms. The molecular weight excluding hydrogens is 368 g/mol. The Hall–Kier alpha value is -0.560. The second kappa shape index (κ2) is 7.99.